The zero-order chi connectivity index (χ0) is 30.6. The third kappa shape index (κ3) is 5.65. The summed E-state index contributed by atoms with van der Waals surface area (Å²) in [5, 5.41) is 0.723. The van der Waals surface area contributed by atoms with Crippen molar-refractivity contribution in [3.05, 3.63) is 35.9 Å². The topological polar surface area (TPSA) is 129 Å². The second-order valence-corrected chi connectivity index (χ2v) is 13.5. The molecule has 0 bridgehead atoms. The number of ether oxygens (including phenoxy) is 1. The first-order valence-corrected chi connectivity index (χ1v) is 16.1. The smallest absolute Gasteiger partial charge is 0.257 e. The van der Waals surface area contributed by atoms with Crippen LogP contribution in [0, 0.1) is 5.92 Å². The molecule has 0 spiro atoms. The Balaban J connectivity index is 1.47. The van der Waals surface area contributed by atoms with Crippen molar-refractivity contribution in [1.29, 1.82) is 0 Å². The van der Waals surface area contributed by atoms with Gasteiger partial charge in [-0.15, -0.1) is 0 Å². The fraction of sp³-hybridized carbons (Fsp3) is 0.483. The van der Waals surface area contributed by atoms with Crippen LogP contribution in [-0.2, 0) is 23.6 Å². The summed E-state index contributed by atoms with van der Waals surface area (Å²) in [5.74, 6) is 1.33. The standard InChI is InChI=1S/C29H35F2N7O4S/c1-35-26-21(11-19(13-23(26)42-2)29(39)36-10-4-5-20(32)15-36)33-28(35)22-12-18-8-9-25(38(16-24(30)31)43(3,40)41)34-27(18)37(22)14-17-6-7-17/h8-9,11-13,17,20,24H,4-7,10,14-16,32H2,1-3H3/t20-/m1/s1. The van der Waals surface area contributed by atoms with Crippen LogP contribution in [0.4, 0.5) is 14.6 Å². The lowest BCUT2D eigenvalue weighted by Crippen LogP contribution is -2.45. The maximum absolute atomic E-state index is 13.4. The molecule has 4 aromatic rings. The molecule has 1 aliphatic heterocycles. The molecular weight excluding hydrogens is 580 g/mol. The van der Waals surface area contributed by atoms with Crippen LogP contribution in [0.1, 0.15) is 36.0 Å². The molecule has 3 aromatic heterocycles. The lowest BCUT2D eigenvalue weighted by molar-refractivity contribution is 0.0708. The summed E-state index contributed by atoms with van der Waals surface area (Å²) >= 11 is 0. The number of likely N-dealkylation sites (tertiary alicyclic amines) is 1. The number of methoxy groups -OCH3 is 1. The molecular formula is C29H35F2N7O4S. The van der Waals surface area contributed by atoms with Gasteiger partial charge in [0, 0.05) is 43.7 Å². The second kappa shape index (κ2) is 11.1. The average molecular weight is 616 g/mol. The van der Waals surface area contributed by atoms with Crippen LogP contribution in [0.15, 0.2) is 30.3 Å². The van der Waals surface area contributed by atoms with E-state index in [9.17, 15) is 22.0 Å². The molecule has 2 aliphatic rings. The molecule has 11 nitrogen and oxygen atoms in total. The molecule has 1 amide bonds. The van der Waals surface area contributed by atoms with Crippen LogP contribution < -0.4 is 14.8 Å². The van der Waals surface area contributed by atoms with Gasteiger partial charge in [0.2, 0.25) is 10.0 Å². The molecule has 4 heterocycles. The number of pyridine rings is 1. The van der Waals surface area contributed by atoms with E-state index in [2.05, 4.69) is 4.98 Å². The summed E-state index contributed by atoms with van der Waals surface area (Å²) in [4.78, 5) is 24.7. The highest BCUT2D eigenvalue weighted by Gasteiger charge is 2.29. The number of halogens is 2. The lowest BCUT2D eigenvalue weighted by Gasteiger charge is -2.30. The van der Waals surface area contributed by atoms with Crippen molar-refractivity contribution in [3.63, 3.8) is 0 Å². The number of piperidine rings is 1. The van der Waals surface area contributed by atoms with E-state index >= 15 is 0 Å². The van der Waals surface area contributed by atoms with Crippen LogP contribution in [0.25, 0.3) is 33.6 Å². The number of hydrogen-bond donors (Lipinski definition) is 1. The summed E-state index contributed by atoms with van der Waals surface area (Å²) in [6.07, 6.45) is 1.86. The van der Waals surface area contributed by atoms with Crippen molar-refractivity contribution in [1.82, 2.24) is 24.0 Å². The number of carbonyl (C=O) groups excluding carboxylic acids is 1. The molecule has 1 aromatic carbocycles. The predicted molar refractivity (Wildman–Crippen MR) is 160 cm³/mol. The number of alkyl halides is 2. The number of hydrogen-bond acceptors (Lipinski definition) is 7. The number of sulfonamides is 1. The van der Waals surface area contributed by atoms with Crippen molar-refractivity contribution >= 4 is 43.8 Å². The highest BCUT2D eigenvalue weighted by atomic mass is 32.2. The predicted octanol–water partition coefficient (Wildman–Crippen LogP) is 3.60. The van der Waals surface area contributed by atoms with Crippen molar-refractivity contribution in [2.45, 2.75) is 44.7 Å². The maximum Gasteiger partial charge on any atom is 0.257 e. The number of rotatable bonds is 9. The average Bonchev–Trinajstić information content (AvgIpc) is 3.63. The van der Waals surface area contributed by atoms with Crippen LogP contribution >= 0.6 is 0 Å². The first-order chi connectivity index (χ1) is 20.4. The Labute approximate surface area is 248 Å². The molecule has 2 N–H and O–H groups in total. The Kier molecular flexibility index (Phi) is 7.53. The quantitative estimate of drug-likeness (QED) is 0.305. The van der Waals surface area contributed by atoms with Gasteiger partial charge < -0.3 is 24.5 Å². The first kappa shape index (κ1) is 29.3. The maximum atomic E-state index is 13.4. The molecule has 0 radical (unpaired) electrons. The van der Waals surface area contributed by atoms with Crippen molar-refractivity contribution in [2.24, 2.45) is 18.7 Å². The summed E-state index contributed by atoms with van der Waals surface area (Å²) in [6.45, 7) is 0.770. The summed E-state index contributed by atoms with van der Waals surface area (Å²) in [6, 6.07) is 8.50. The van der Waals surface area contributed by atoms with Gasteiger partial charge in [0.1, 0.15) is 22.7 Å². The number of nitrogens with two attached hydrogens (primary N) is 1. The van der Waals surface area contributed by atoms with Gasteiger partial charge in [-0.1, -0.05) is 0 Å². The summed E-state index contributed by atoms with van der Waals surface area (Å²) in [5.41, 5.74) is 9.10. The minimum atomic E-state index is -3.99. The summed E-state index contributed by atoms with van der Waals surface area (Å²) < 4.78 is 61.7. The van der Waals surface area contributed by atoms with Gasteiger partial charge in [0.25, 0.3) is 12.3 Å². The second-order valence-electron chi connectivity index (χ2n) is 11.5. The Morgan fingerprint density at radius 1 is 1.19 bits per heavy atom. The number of aryl methyl sites for hydroxylation is 1. The van der Waals surface area contributed by atoms with Crippen LogP contribution in [0.3, 0.4) is 0 Å². The van der Waals surface area contributed by atoms with E-state index in [1.165, 1.54) is 6.07 Å². The monoisotopic (exact) mass is 615 g/mol. The number of amides is 1. The van der Waals surface area contributed by atoms with E-state index in [0.29, 0.717) is 63.7 Å². The van der Waals surface area contributed by atoms with Gasteiger partial charge in [-0.25, -0.2) is 31.5 Å². The highest BCUT2D eigenvalue weighted by molar-refractivity contribution is 7.92. The third-order valence-corrected chi connectivity index (χ3v) is 9.34. The van der Waals surface area contributed by atoms with E-state index < -0.39 is 23.0 Å². The van der Waals surface area contributed by atoms with E-state index in [4.69, 9.17) is 15.5 Å². The zero-order valence-electron chi connectivity index (χ0n) is 24.3. The van der Waals surface area contributed by atoms with Gasteiger partial charge >= 0.3 is 0 Å². The Morgan fingerprint density at radius 2 is 1.95 bits per heavy atom. The third-order valence-electron chi connectivity index (χ3n) is 8.20. The number of benzene rings is 1. The number of carbonyl (C=O) groups is 1. The van der Waals surface area contributed by atoms with E-state index in [0.717, 1.165) is 43.0 Å². The first-order valence-electron chi connectivity index (χ1n) is 14.3. The molecule has 0 unspecified atom stereocenters. The van der Waals surface area contributed by atoms with Gasteiger partial charge in [0.15, 0.2) is 5.82 Å². The van der Waals surface area contributed by atoms with Gasteiger partial charge in [-0.2, -0.15) is 0 Å². The van der Waals surface area contributed by atoms with Gasteiger partial charge in [-0.05, 0) is 61.9 Å². The number of nitrogens with zero attached hydrogens (tertiary/aromatic N) is 6. The number of anilines is 1. The normalized spacial score (nSPS) is 17.7. The lowest BCUT2D eigenvalue weighted by atomic mass is 10.0. The van der Waals surface area contributed by atoms with E-state index in [1.807, 2.05) is 22.2 Å². The molecule has 230 valence electrons. The van der Waals surface area contributed by atoms with Gasteiger partial charge in [-0.3, -0.25) is 4.79 Å². The fourth-order valence-corrected chi connectivity index (χ4v) is 6.73. The fourth-order valence-electron chi connectivity index (χ4n) is 5.90. The minimum absolute atomic E-state index is 0.0489. The van der Waals surface area contributed by atoms with Crippen molar-refractivity contribution < 1.29 is 26.7 Å². The number of fused-ring (bicyclic) bond motifs is 2. The van der Waals surface area contributed by atoms with Crippen LogP contribution in [0.5, 0.6) is 5.75 Å². The molecule has 43 heavy (non-hydrogen) atoms. The summed E-state index contributed by atoms with van der Waals surface area (Å²) in [7, 11) is -0.576. The Bertz CT molecular complexity index is 1820. The number of imidazole rings is 1. The minimum Gasteiger partial charge on any atom is -0.494 e. The molecule has 1 aliphatic carbocycles. The van der Waals surface area contributed by atoms with Crippen LogP contribution in [0.2, 0.25) is 0 Å². The SMILES string of the molecule is COc1cc(C(=O)N2CCC[C@@H](N)C2)cc2nc(-c3cc4ccc(N(CC(F)F)S(C)(=O)=O)nc4n3CC3CC3)n(C)c12. The van der Waals surface area contributed by atoms with Gasteiger partial charge in [0.05, 0.1) is 31.1 Å². The largest absolute Gasteiger partial charge is 0.494 e. The van der Waals surface area contributed by atoms with E-state index in [-0.39, 0.29) is 17.8 Å². The molecule has 1 atom stereocenters. The molecule has 1 saturated carbocycles. The Morgan fingerprint density at radius 3 is 2.60 bits per heavy atom. The molecule has 2 fully saturated rings. The van der Waals surface area contributed by atoms with Crippen molar-refractivity contribution in [2.75, 3.05) is 37.3 Å². The van der Waals surface area contributed by atoms with Crippen molar-refractivity contribution in [3.8, 4) is 17.3 Å². The molecule has 6 rings (SSSR count). The molecule has 1 saturated heterocycles. The highest BCUT2D eigenvalue weighted by Crippen LogP contribution is 2.38. The number of aromatic nitrogens is 4. The molecule has 14 heteroatoms. The van der Waals surface area contributed by atoms with Crippen LogP contribution in [-0.4, -0.2) is 83.8 Å². The zero-order valence-corrected chi connectivity index (χ0v) is 25.1. The van der Waals surface area contributed by atoms with E-state index in [1.54, 1.807) is 30.2 Å². The Hall–Kier alpha value is -3.78.